The number of anilines is 1. The fraction of sp³-hybridized carbons (Fsp3) is 0.667. The first-order valence-corrected chi connectivity index (χ1v) is 11.6. The third kappa shape index (κ3) is 6.32. The average Bonchev–Trinajstić information content (AvgIpc) is 3.04. The van der Waals surface area contributed by atoms with Gasteiger partial charge < -0.3 is 15.1 Å². The van der Waals surface area contributed by atoms with E-state index in [2.05, 4.69) is 88.3 Å². The van der Waals surface area contributed by atoms with Gasteiger partial charge in [-0.1, -0.05) is 33.8 Å². The Morgan fingerprint density at radius 2 is 1.59 bits per heavy atom. The van der Waals surface area contributed by atoms with E-state index < -0.39 is 0 Å². The molecule has 152 valence electrons. The van der Waals surface area contributed by atoms with E-state index in [1.165, 1.54) is 14.5 Å². The molecular weight excluding hydrogens is 449 g/mol. The largest absolute Gasteiger partial charge is 0.368 e. The molecule has 1 aromatic carbocycles. The fourth-order valence-corrected chi connectivity index (χ4v) is 4.30. The van der Waals surface area contributed by atoms with Crippen LogP contribution in [-0.2, 0) is 6.54 Å². The van der Waals surface area contributed by atoms with Crippen molar-refractivity contribution in [1.82, 2.24) is 19.6 Å². The smallest absolute Gasteiger partial charge is 0.156 e. The lowest BCUT2D eigenvalue weighted by molar-refractivity contribution is 0.292. The van der Waals surface area contributed by atoms with Gasteiger partial charge in [0.2, 0.25) is 0 Å². The summed E-state index contributed by atoms with van der Waals surface area (Å²) in [7, 11) is 0. The molecule has 0 aliphatic heterocycles. The summed E-state index contributed by atoms with van der Waals surface area (Å²) >= 11 is 2.43. The Kier molecular flexibility index (Phi) is 9.86. The topological polar surface area (TPSA) is 36.3 Å². The highest BCUT2D eigenvalue weighted by Crippen LogP contribution is 2.27. The average molecular weight is 485 g/mol. The molecular formula is C21H36IN5. The predicted octanol–water partition coefficient (Wildman–Crippen LogP) is 4.52. The Hall–Kier alpha value is -0.860. The van der Waals surface area contributed by atoms with E-state index in [1.807, 2.05) is 0 Å². The lowest BCUT2D eigenvalue weighted by atomic mass is 10.2. The number of hydrogen-bond donors (Lipinski definition) is 1. The summed E-state index contributed by atoms with van der Waals surface area (Å²) in [5.74, 6) is 1.03. The molecule has 0 saturated heterocycles. The molecule has 1 aromatic heterocycles. The number of fused-ring (bicyclic) bond motifs is 1. The minimum Gasteiger partial charge on any atom is -0.368 e. The lowest BCUT2D eigenvalue weighted by Gasteiger charge is -2.17. The summed E-state index contributed by atoms with van der Waals surface area (Å²) in [5.41, 5.74) is 1.27. The third-order valence-corrected chi connectivity index (χ3v) is 6.17. The van der Waals surface area contributed by atoms with Gasteiger partial charge in [-0.15, -0.1) is 0 Å². The van der Waals surface area contributed by atoms with Crippen molar-refractivity contribution in [3.8, 4) is 0 Å². The van der Waals surface area contributed by atoms with Crippen LogP contribution in [0.1, 0.15) is 40.5 Å². The van der Waals surface area contributed by atoms with Gasteiger partial charge in [0.05, 0.1) is 5.52 Å². The van der Waals surface area contributed by atoms with Crippen LogP contribution in [0.4, 0.5) is 5.82 Å². The Morgan fingerprint density at radius 3 is 2.22 bits per heavy atom. The van der Waals surface area contributed by atoms with Crippen LogP contribution < -0.4 is 5.32 Å². The first-order valence-electron chi connectivity index (χ1n) is 10.5. The van der Waals surface area contributed by atoms with Crippen molar-refractivity contribution in [1.29, 1.82) is 0 Å². The van der Waals surface area contributed by atoms with Gasteiger partial charge >= 0.3 is 0 Å². The molecule has 2 rings (SSSR count). The number of aromatic nitrogens is 2. The van der Waals surface area contributed by atoms with Gasteiger partial charge in [0.1, 0.15) is 0 Å². The minimum atomic E-state index is 0.966. The number of aryl methyl sites for hydroxylation is 1. The molecule has 0 aliphatic rings. The van der Waals surface area contributed by atoms with Crippen LogP contribution in [0.3, 0.4) is 0 Å². The van der Waals surface area contributed by atoms with Crippen molar-refractivity contribution in [3.63, 3.8) is 0 Å². The summed E-state index contributed by atoms with van der Waals surface area (Å²) in [5, 5.41) is 9.76. The summed E-state index contributed by atoms with van der Waals surface area (Å²) < 4.78 is 3.48. The minimum absolute atomic E-state index is 0.966. The maximum atomic E-state index is 4.92. The maximum absolute atomic E-state index is 4.92. The molecule has 5 nitrogen and oxygen atoms in total. The number of nitrogens with one attached hydrogen (secondary N) is 1. The SMILES string of the molecule is CCN(CC)CCCNc1nn(CCCN(CC)CC)c2c(I)cccc12. The van der Waals surface area contributed by atoms with E-state index in [0.717, 1.165) is 71.0 Å². The molecule has 0 spiro atoms. The van der Waals surface area contributed by atoms with Gasteiger partial charge in [0, 0.05) is 22.0 Å². The number of nitrogens with zero attached hydrogens (tertiary/aromatic N) is 4. The molecule has 0 atom stereocenters. The van der Waals surface area contributed by atoms with E-state index in [0.29, 0.717) is 0 Å². The lowest BCUT2D eigenvalue weighted by Crippen LogP contribution is -2.25. The Morgan fingerprint density at radius 1 is 0.963 bits per heavy atom. The van der Waals surface area contributed by atoms with Gasteiger partial charge in [-0.3, -0.25) is 4.68 Å². The van der Waals surface area contributed by atoms with Crippen LogP contribution in [0.25, 0.3) is 10.9 Å². The molecule has 0 unspecified atom stereocenters. The van der Waals surface area contributed by atoms with Gasteiger partial charge in [0.15, 0.2) is 5.82 Å². The van der Waals surface area contributed by atoms with Gasteiger partial charge in [-0.05, 0) is 86.8 Å². The molecule has 0 bridgehead atoms. The van der Waals surface area contributed by atoms with Crippen LogP contribution in [0.5, 0.6) is 0 Å². The zero-order valence-electron chi connectivity index (χ0n) is 17.5. The van der Waals surface area contributed by atoms with Crippen molar-refractivity contribution < 1.29 is 0 Å². The quantitative estimate of drug-likeness (QED) is 0.335. The summed E-state index contributed by atoms with van der Waals surface area (Å²) in [6, 6.07) is 6.50. The molecule has 6 heteroatoms. The Balaban J connectivity index is 2.03. The molecule has 0 radical (unpaired) electrons. The number of para-hydroxylation sites is 1. The summed E-state index contributed by atoms with van der Waals surface area (Å²) in [6.07, 6.45) is 2.27. The highest BCUT2D eigenvalue weighted by atomic mass is 127. The summed E-state index contributed by atoms with van der Waals surface area (Å²) in [6.45, 7) is 17.6. The van der Waals surface area contributed by atoms with Crippen LogP contribution in [0.15, 0.2) is 18.2 Å². The first kappa shape index (κ1) is 22.4. The number of hydrogen-bond acceptors (Lipinski definition) is 4. The predicted molar refractivity (Wildman–Crippen MR) is 126 cm³/mol. The molecule has 2 aromatic rings. The van der Waals surface area contributed by atoms with Crippen molar-refractivity contribution in [2.75, 3.05) is 51.1 Å². The van der Waals surface area contributed by atoms with E-state index in [4.69, 9.17) is 5.10 Å². The monoisotopic (exact) mass is 485 g/mol. The van der Waals surface area contributed by atoms with Crippen LogP contribution >= 0.6 is 22.6 Å². The molecule has 1 N–H and O–H groups in total. The highest BCUT2D eigenvalue weighted by molar-refractivity contribution is 14.1. The zero-order chi connectivity index (χ0) is 19.6. The fourth-order valence-electron chi connectivity index (χ4n) is 3.52. The Labute approximate surface area is 178 Å². The molecule has 0 saturated carbocycles. The maximum Gasteiger partial charge on any atom is 0.156 e. The van der Waals surface area contributed by atoms with Crippen molar-refractivity contribution in [2.45, 2.75) is 47.1 Å². The van der Waals surface area contributed by atoms with Crippen molar-refractivity contribution in [2.24, 2.45) is 0 Å². The van der Waals surface area contributed by atoms with E-state index in [1.54, 1.807) is 0 Å². The molecule has 0 aliphatic carbocycles. The second kappa shape index (κ2) is 11.9. The van der Waals surface area contributed by atoms with E-state index >= 15 is 0 Å². The second-order valence-corrected chi connectivity index (χ2v) is 8.06. The van der Waals surface area contributed by atoms with Crippen molar-refractivity contribution in [3.05, 3.63) is 21.8 Å². The van der Waals surface area contributed by atoms with E-state index in [9.17, 15) is 0 Å². The number of rotatable bonds is 13. The molecule has 27 heavy (non-hydrogen) atoms. The van der Waals surface area contributed by atoms with Gasteiger partial charge in [-0.25, -0.2) is 0 Å². The molecule has 1 heterocycles. The highest BCUT2D eigenvalue weighted by Gasteiger charge is 2.13. The normalized spacial score (nSPS) is 11.8. The van der Waals surface area contributed by atoms with Crippen LogP contribution in [0.2, 0.25) is 0 Å². The van der Waals surface area contributed by atoms with Crippen LogP contribution in [0, 0.1) is 3.57 Å². The standard InChI is InChI=1S/C21H36IN5/c1-5-25(6-2)15-10-14-23-21-18-12-9-13-19(22)20(18)27(24-21)17-11-16-26(7-3)8-4/h9,12-13H,5-8,10-11,14-17H2,1-4H3,(H,23,24). The molecule has 0 fully saturated rings. The zero-order valence-corrected chi connectivity index (χ0v) is 19.6. The van der Waals surface area contributed by atoms with Gasteiger partial charge in [0.25, 0.3) is 0 Å². The second-order valence-electron chi connectivity index (χ2n) is 6.90. The number of halogens is 1. The van der Waals surface area contributed by atoms with Crippen LogP contribution in [-0.4, -0.2) is 65.4 Å². The van der Waals surface area contributed by atoms with E-state index in [-0.39, 0.29) is 0 Å². The Bertz CT molecular complexity index is 677. The van der Waals surface area contributed by atoms with Crippen molar-refractivity contribution >= 4 is 39.3 Å². The number of benzene rings is 1. The third-order valence-electron chi connectivity index (χ3n) is 5.30. The summed E-state index contributed by atoms with van der Waals surface area (Å²) in [4.78, 5) is 4.94. The molecule has 0 amide bonds. The van der Waals surface area contributed by atoms with Gasteiger partial charge in [-0.2, -0.15) is 5.10 Å². The first-order chi connectivity index (χ1) is 13.1.